The third-order valence-corrected chi connectivity index (χ3v) is 9.22. The SMILES string of the molecule is CNC(=O)C1C2C[N+](C)(CC3=C(C(=O)[O-])N4C(=O)[C@@H](NC(=O)/C(=N\OC)c5nsc(N)n5)[C@@H]4SC3)CC21. The molecule has 0 radical (unpaired) electrons. The van der Waals surface area contributed by atoms with Gasteiger partial charge in [0.05, 0.1) is 37.7 Å². The molecular weight excluding hydrogens is 524 g/mol. The largest absolute Gasteiger partial charge is 0.543 e. The van der Waals surface area contributed by atoms with E-state index in [1.807, 2.05) is 7.05 Å². The number of quaternary nitrogens is 1. The van der Waals surface area contributed by atoms with E-state index < -0.39 is 29.2 Å². The van der Waals surface area contributed by atoms with E-state index in [9.17, 15) is 24.3 Å². The zero-order valence-corrected chi connectivity index (χ0v) is 21.9. The lowest BCUT2D eigenvalue weighted by molar-refractivity contribution is -0.898. The Labute approximate surface area is 220 Å². The van der Waals surface area contributed by atoms with Crippen molar-refractivity contribution >= 4 is 57.8 Å². The molecule has 0 spiro atoms. The van der Waals surface area contributed by atoms with Crippen molar-refractivity contribution in [1.82, 2.24) is 24.9 Å². The highest BCUT2D eigenvalue weighted by atomic mass is 32.2. The van der Waals surface area contributed by atoms with Crippen LogP contribution in [0.15, 0.2) is 16.4 Å². The number of fused-ring (bicyclic) bond motifs is 2. The third kappa shape index (κ3) is 4.31. The quantitative estimate of drug-likeness (QED) is 0.130. The first-order valence-corrected chi connectivity index (χ1v) is 13.4. The molecule has 16 heteroatoms. The molecule has 14 nitrogen and oxygen atoms in total. The second kappa shape index (κ2) is 9.25. The molecule has 1 saturated carbocycles. The number of nitrogen functional groups attached to an aromatic ring is 1. The summed E-state index contributed by atoms with van der Waals surface area (Å²) in [4.78, 5) is 59.9. The summed E-state index contributed by atoms with van der Waals surface area (Å²) in [5.41, 5.74) is 5.82. The Bertz CT molecular complexity index is 1240. The molecule has 2 saturated heterocycles. The van der Waals surface area contributed by atoms with Gasteiger partial charge in [-0.25, -0.2) is 0 Å². The predicted octanol–water partition coefficient (Wildman–Crippen LogP) is -3.06. The monoisotopic (exact) mass is 550 g/mol. The summed E-state index contributed by atoms with van der Waals surface area (Å²) in [5.74, 6) is -1.75. The lowest BCUT2D eigenvalue weighted by atomic mass is 10.0. The topological polar surface area (TPSA) is 192 Å². The maximum atomic E-state index is 13.0. The molecule has 37 heavy (non-hydrogen) atoms. The molecule has 4 atom stereocenters. The lowest BCUT2D eigenvalue weighted by Crippen LogP contribution is -2.71. The molecule has 3 fully saturated rings. The number of nitrogens with one attached hydrogen (secondary N) is 2. The molecule has 1 aromatic heterocycles. The number of piperidine rings is 1. The van der Waals surface area contributed by atoms with Crippen LogP contribution >= 0.6 is 23.3 Å². The molecular formula is C21H26N8O6S2. The number of carbonyl (C=O) groups is 4. The van der Waals surface area contributed by atoms with E-state index in [1.54, 1.807) is 7.05 Å². The van der Waals surface area contributed by atoms with Gasteiger partial charge in [-0.1, -0.05) is 5.16 Å². The molecule has 0 bridgehead atoms. The number of likely N-dealkylation sites (tertiary alicyclic amines) is 1. The number of nitrogens with zero attached hydrogens (tertiary/aromatic N) is 5. The predicted molar refractivity (Wildman–Crippen MR) is 130 cm³/mol. The van der Waals surface area contributed by atoms with Gasteiger partial charge >= 0.3 is 0 Å². The number of aliphatic carboxylic acids is 1. The highest BCUT2D eigenvalue weighted by Gasteiger charge is 2.65. The first-order chi connectivity index (χ1) is 17.6. The van der Waals surface area contributed by atoms with E-state index in [0.29, 0.717) is 22.4 Å². The minimum atomic E-state index is -1.43. The number of amides is 3. The molecule has 198 valence electrons. The van der Waals surface area contributed by atoms with Gasteiger partial charge in [0.25, 0.3) is 11.8 Å². The molecule has 1 aromatic rings. The molecule has 4 N–H and O–H groups in total. The standard InChI is InChI=1S/C21H26N8O6S2/c1-23-16(30)11-9-5-29(2,6-10(9)11)4-8-7-36-19-13(18(32)28(19)14(8)20(33)34)24-17(31)12(26-35-3)15-25-21(22)37-27-15/h9-11,13,19H,4-7H2,1-3H3,(H4-,22,23,24,25,27,30,31,33,34)/b26-12-/t9?,10?,11?,13-,19+,29?/m1/s1. The number of likely N-dealkylation sites (N-methyl/N-ethyl adjacent to an activating group) is 1. The van der Waals surface area contributed by atoms with Gasteiger partial charge in [-0.05, 0) is 0 Å². The normalized spacial score (nSPS) is 32.3. The fraction of sp³-hybridized carbons (Fsp3) is 0.571. The van der Waals surface area contributed by atoms with Gasteiger partial charge in [0.1, 0.15) is 25.1 Å². The maximum absolute atomic E-state index is 13.0. The molecule has 0 aromatic carbocycles. The number of oxime groups is 1. The second-order valence-corrected chi connectivity index (χ2v) is 11.7. The summed E-state index contributed by atoms with van der Waals surface area (Å²) >= 11 is 2.25. The van der Waals surface area contributed by atoms with Crippen LogP contribution in [0.5, 0.6) is 0 Å². The highest BCUT2D eigenvalue weighted by Crippen LogP contribution is 2.54. The number of carbonyl (C=O) groups excluding carboxylic acids is 4. The molecule has 4 heterocycles. The molecule has 3 aliphatic heterocycles. The van der Waals surface area contributed by atoms with E-state index in [0.717, 1.165) is 24.6 Å². The fourth-order valence-electron chi connectivity index (χ4n) is 5.79. The Morgan fingerprint density at radius 3 is 2.59 bits per heavy atom. The fourth-order valence-corrected chi connectivity index (χ4v) is 7.56. The Morgan fingerprint density at radius 2 is 2.03 bits per heavy atom. The van der Waals surface area contributed by atoms with E-state index in [-0.39, 0.29) is 46.0 Å². The summed E-state index contributed by atoms with van der Waals surface area (Å²) in [6, 6.07) is -0.969. The zero-order valence-electron chi connectivity index (χ0n) is 20.3. The number of nitrogens with two attached hydrogens (primary N) is 1. The lowest BCUT2D eigenvalue weighted by Gasteiger charge is -2.51. The van der Waals surface area contributed by atoms with Gasteiger partial charge < -0.3 is 35.6 Å². The highest BCUT2D eigenvalue weighted by molar-refractivity contribution is 8.00. The van der Waals surface area contributed by atoms with E-state index >= 15 is 0 Å². The van der Waals surface area contributed by atoms with Gasteiger partial charge in [0, 0.05) is 41.7 Å². The maximum Gasteiger partial charge on any atom is 0.278 e. The van der Waals surface area contributed by atoms with Gasteiger partial charge in [-0.3, -0.25) is 19.3 Å². The number of anilines is 1. The van der Waals surface area contributed by atoms with Crippen molar-refractivity contribution in [2.75, 3.05) is 52.3 Å². The van der Waals surface area contributed by atoms with Crippen LogP contribution in [0.2, 0.25) is 0 Å². The van der Waals surface area contributed by atoms with Crippen LogP contribution in [0.4, 0.5) is 5.13 Å². The molecule has 4 aliphatic rings. The average Bonchev–Trinajstić information content (AvgIpc) is 3.14. The van der Waals surface area contributed by atoms with Crippen LogP contribution in [0.25, 0.3) is 0 Å². The van der Waals surface area contributed by atoms with Crippen LogP contribution in [-0.2, 0) is 24.0 Å². The Balaban J connectivity index is 1.29. The molecule has 5 rings (SSSR count). The summed E-state index contributed by atoms with van der Waals surface area (Å²) in [6.45, 7) is 1.98. The summed E-state index contributed by atoms with van der Waals surface area (Å²) in [6.07, 6.45) is 0. The molecule has 2 unspecified atom stereocenters. The van der Waals surface area contributed by atoms with Crippen LogP contribution < -0.4 is 21.5 Å². The van der Waals surface area contributed by atoms with E-state index in [1.165, 1.54) is 23.8 Å². The van der Waals surface area contributed by atoms with Crippen molar-refractivity contribution in [3.8, 4) is 0 Å². The number of thioether (sulfide) groups is 1. The van der Waals surface area contributed by atoms with Crippen LogP contribution in [0.3, 0.4) is 0 Å². The third-order valence-electron chi connectivity index (χ3n) is 7.33. The Kier molecular flexibility index (Phi) is 6.35. The van der Waals surface area contributed by atoms with Gasteiger partial charge in [0.2, 0.25) is 17.4 Å². The molecule has 1 aliphatic carbocycles. The van der Waals surface area contributed by atoms with E-state index in [2.05, 4.69) is 25.1 Å². The van der Waals surface area contributed by atoms with Crippen LogP contribution in [-0.4, -0.2) is 106 Å². The number of hydrogen-bond donors (Lipinski definition) is 3. The number of rotatable bonds is 8. The van der Waals surface area contributed by atoms with E-state index in [4.69, 9.17) is 10.6 Å². The van der Waals surface area contributed by atoms with Gasteiger partial charge in [-0.2, -0.15) is 9.36 Å². The first kappa shape index (κ1) is 25.4. The molecule has 3 amide bonds. The van der Waals surface area contributed by atoms with Crippen LogP contribution in [0.1, 0.15) is 5.82 Å². The van der Waals surface area contributed by atoms with Gasteiger partial charge in [0.15, 0.2) is 5.13 Å². The van der Waals surface area contributed by atoms with Crippen LogP contribution in [0, 0.1) is 17.8 Å². The summed E-state index contributed by atoms with van der Waals surface area (Å²) in [7, 11) is 4.93. The van der Waals surface area contributed by atoms with Crippen molar-refractivity contribution in [1.29, 1.82) is 0 Å². The zero-order chi connectivity index (χ0) is 26.6. The first-order valence-electron chi connectivity index (χ1n) is 11.5. The minimum Gasteiger partial charge on any atom is -0.543 e. The number of carboxylic acid groups (broad SMARTS) is 1. The second-order valence-electron chi connectivity index (χ2n) is 9.79. The van der Waals surface area contributed by atoms with Crippen molar-refractivity contribution in [2.45, 2.75) is 11.4 Å². The van der Waals surface area contributed by atoms with Crippen molar-refractivity contribution in [2.24, 2.45) is 22.9 Å². The summed E-state index contributed by atoms with van der Waals surface area (Å²) in [5, 5.41) is 20.6. The Morgan fingerprint density at radius 1 is 1.32 bits per heavy atom. The average molecular weight is 551 g/mol. The number of β-lactam (4-membered cyclic amide) rings is 1. The Hall–Kier alpha value is -3.24. The van der Waals surface area contributed by atoms with Crippen molar-refractivity contribution in [3.63, 3.8) is 0 Å². The van der Waals surface area contributed by atoms with Gasteiger partial charge in [-0.15, -0.1) is 11.8 Å². The minimum absolute atomic E-state index is 0.0275. The number of carboxylic acids is 1. The van der Waals surface area contributed by atoms with Crippen molar-refractivity contribution < 1.29 is 33.6 Å². The van der Waals surface area contributed by atoms with Crippen molar-refractivity contribution in [3.05, 3.63) is 17.1 Å². The smallest absolute Gasteiger partial charge is 0.278 e. The summed E-state index contributed by atoms with van der Waals surface area (Å²) < 4.78 is 4.55. The number of aromatic nitrogens is 2. The number of hydrogen-bond acceptors (Lipinski definition) is 12.